The second-order valence-corrected chi connectivity index (χ2v) is 9.13. The Bertz CT molecular complexity index is 1110. The van der Waals surface area contributed by atoms with Gasteiger partial charge in [0.2, 0.25) is 0 Å². The van der Waals surface area contributed by atoms with E-state index in [-0.39, 0.29) is 18.7 Å². The van der Waals surface area contributed by atoms with E-state index in [0.29, 0.717) is 18.1 Å². The van der Waals surface area contributed by atoms with Crippen LogP contribution in [0.15, 0.2) is 54.7 Å². The smallest absolute Gasteiger partial charge is 0.170 e. The van der Waals surface area contributed by atoms with Crippen LogP contribution in [0.25, 0.3) is 5.69 Å². The fourth-order valence-corrected chi connectivity index (χ4v) is 5.44. The second-order valence-electron chi connectivity index (χ2n) is 8.75. The predicted octanol–water partition coefficient (Wildman–Crippen LogP) is 4.69. The SMILES string of the molecule is CCN(CC)c1ccc(-n2c(C)cc([C@H]3[C@@H](c4ccccn4)NC(=S)N3CCCO)c2C)cc1. The number of rotatable bonds is 9. The summed E-state index contributed by atoms with van der Waals surface area (Å²) in [5.41, 5.74) is 6.97. The topological polar surface area (TPSA) is 56.6 Å². The molecule has 0 bridgehead atoms. The largest absolute Gasteiger partial charge is 0.396 e. The van der Waals surface area contributed by atoms with E-state index in [9.17, 15) is 5.11 Å². The van der Waals surface area contributed by atoms with Crippen LogP contribution in [-0.4, -0.2) is 50.9 Å². The minimum absolute atomic E-state index is 0.00356. The molecule has 0 saturated carbocycles. The van der Waals surface area contributed by atoms with Gasteiger partial charge in [-0.15, -0.1) is 0 Å². The van der Waals surface area contributed by atoms with E-state index in [1.165, 1.54) is 22.6 Å². The van der Waals surface area contributed by atoms with Gasteiger partial charge in [0.25, 0.3) is 0 Å². The highest BCUT2D eigenvalue weighted by molar-refractivity contribution is 7.80. The van der Waals surface area contributed by atoms with Crippen LogP contribution in [0.4, 0.5) is 5.69 Å². The van der Waals surface area contributed by atoms with E-state index in [4.69, 9.17) is 12.2 Å². The molecule has 1 aliphatic rings. The van der Waals surface area contributed by atoms with Gasteiger partial charge in [0.05, 0.1) is 17.8 Å². The first kappa shape index (κ1) is 24.2. The number of nitrogens with zero attached hydrogens (tertiary/aromatic N) is 4. The first-order valence-electron chi connectivity index (χ1n) is 12.1. The molecule has 3 heterocycles. The van der Waals surface area contributed by atoms with E-state index in [1.807, 2.05) is 24.4 Å². The fourth-order valence-electron chi connectivity index (χ4n) is 5.11. The van der Waals surface area contributed by atoms with Gasteiger partial charge < -0.3 is 24.8 Å². The highest BCUT2D eigenvalue weighted by Crippen LogP contribution is 2.41. The quantitative estimate of drug-likeness (QED) is 0.436. The zero-order chi connectivity index (χ0) is 24.2. The molecule has 7 heteroatoms. The summed E-state index contributed by atoms with van der Waals surface area (Å²) in [6.07, 6.45) is 2.49. The number of aryl methyl sites for hydroxylation is 1. The predicted molar refractivity (Wildman–Crippen MR) is 143 cm³/mol. The Kier molecular flexibility index (Phi) is 7.54. The summed E-state index contributed by atoms with van der Waals surface area (Å²) < 4.78 is 2.32. The molecule has 0 spiro atoms. The van der Waals surface area contributed by atoms with Gasteiger partial charge in [-0.05, 0) is 94.4 Å². The normalized spacial score (nSPS) is 17.8. The van der Waals surface area contributed by atoms with Crippen molar-refractivity contribution < 1.29 is 5.11 Å². The van der Waals surface area contributed by atoms with Crippen molar-refractivity contribution in [3.63, 3.8) is 0 Å². The van der Waals surface area contributed by atoms with E-state index in [1.54, 1.807) is 0 Å². The molecule has 2 aromatic heterocycles. The van der Waals surface area contributed by atoms with Crippen LogP contribution in [-0.2, 0) is 0 Å². The number of aliphatic hydroxyl groups excluding tert-OH is 1. The molecule has 2 N–H and O–H groups in total. The number of pyridine rings is 1. The van der Waals surface area contributed by atoms with Crippen LogP contribution in [0.1, 0.15) is 55.0 Å². The number of aromatic nitrogens is 2. The number of hydrogen-bond donors (Lipinski definition) is 2. The highest BCUT2D eigenvalue weighted by atomic mass is 32.1. The zero-order valence-corrected chi connectivity index (χ0v) is 21.3. The summed E-state index contributed by atoms with van der Waals surface area (Å²) >= 11 is 5.74. The Labute approximate surface area is 208 Å². The molecule has 3 aromatic rings. The Morgan fingerprint density at radius 2 is 1.82 bits per heavy atom. The molecule has 0 amide bonds. The molecule has 34 heavy (non-hydrogen) atoms. The lowest BCUT2D eigenvalue weighted by Gasteiger charge is -2.28. The summed E-state index contributed by atoms with van der Waals surface area (Å²) in [5, 5.41) is 13.7. The second kappa shape index (κ2) is 10.6. The van der Waals surface area contributed by atoms with Gasteiger partial charge in [-0.3, -0.25) is 4.98 Å². The van der Waals surface area contributed by atoms with Crippen molar-refractivity contribution in [3.05, 3.63) is 77.4 Å². The number of thiocarbonyl (C=S) groups is 1. The van der Waals surface area contributed by atoms with Gasteiger partial charge in [0, 0.05) is 55.2 Å². The van der Waals surface area contributed by atoms with Crippen molar-refractivity contribution in [2.45, 2.75) is 46.2 Å². The molecular weight excluding hydrogens is 442 g/mol. The van der Waals surface area contributed by atoms with Crippen LogP contribution in [0.2, 0.25) is 0 Å². The molecule has 1 aliphatic heterocycles. The molecule has 0 unspecified atom stereocenters. The Hall–Kier alpha value is -2.90. The van der Waals surface area contributed by atoms with Crippen molar-refractivity contribution in [1.29, 1.82) is 0 Å². The monoisotopic (exact) mass is 477 g/mol. The number of anilines is 1. The fraction of sp³-hybridized carbons (Fsp3) is 0.407. The van der Waals surface area contributed by atoms with Gasteiger partial charge >= 0.3 is 0 Å². The Morgan fingerprint density at radius 1 is 1.09 bits per heavy atom. The van der Waals surface area contributed by atoms with E-state index < -0.39 is 0 Å². The van der Waals surface area contributed by atoms with Crippen molar-refractivity contribution >= 4 is 23.0 Å². The number of hydrogen-bond acceptors (Lipinski definition) is 4. The summed E-state index contributed by atoms with van der Waals surface area (Å²) in [5.74, 6) is 0. The Balaban J connectivity index is 1.75. The molecule has 4 rings (SSSR count). The average molecular weight is 478 g/mol. The number of nitrogens with one attached hydrogen (secondary N) is 1. The lowest BCUT2D eigenvalue weighted by Crippen LogP contribution is -2.31. The van der Waals surface area contributed by atoms with Crippen molar-refractivity contribution in [1.82, 2.24) is 19.8 Å². The van der Waals surface area contributed by atoms with Crippen LogP contribution in [0, 0.1) is 13.8 Å². The molecular formula is C27H35N5OS. The van der Waals surface area contributed by atoms with Gasteiger partial charge in [0.15, 0.2) is 5.11 Å². The highest BCUT2D eigenvalue weighted by Gasteiger charge is 2.41. The first-order chi connectivity index (χ1) is 16.5. The standard InChI is InChI=1S/C27H35N5OS/c1-5-30(6-2)21-11-13-22(14-12-21)32-19(3)18-23(20(32)4)26-25(24-10-7-8-15-28-24)29-27(34)31(26)16-9-17-33/h7-8,10-15,18,25-26,33H,5-6,9,16-17H2,1-4H3,(H,29,34)/t25-,26+/m1/s1. The molecule has 2 atom stereocenters. The molecule has 1 saturated heterocycles. The maximum absolute atomic E-state index is 9.49. The summed E-state index contributed by atoms with van der Waals surface area (Å²) in [7, 11) is 0. The average Bonchev–Trinajstić information content (AvgIpc) is 3.34. The van der Waals surface area contributed by atoms with Crippen LogP contribution >= 0.6 is 12.2 Å². The molecule has 0 radical (unpaired) electrons. The third kappa shape index (κ3) is 4.55. The van der Waals surface area contributed by atoms with Gasteiger partial charge in [0.1, 0.15) is 0 Å². The van der Waals surface area contributed by atoms with E-state index in [0.717, 1.165) is 24.5 Å². The summed E-state index contributed by atoms with van der Waals surface area (Å²) in [6, 6.07) is 17.0. The maximum Gasteiger partial charge on any atom is 0.170 e. The molecule has 6 nitrogen and oxygen atoms in total. The van der Waals surface area contributed by atoms with Crippen molar-refractivity contribution in [2.24, 2.45) is 0 Å². The van der Waals surface area contributed by atoms with E-state index in [2.05, 4.69) is 82.7 Å². The van der Waals surface area contributed by atoms with Gasteiger partial charge in [-0.25, -0.2) is 0 Å². The molecule has 1 aromatic carbocycles. The lowest BCUT2D eigenvalue weighted by molar-refractivity contribution is 0.247. The number of benzene rings is 1. The maximum atomic E-state index is 9.49. The third-order valence-corrected chi connectivity index (χ3v) is 7.13. The van der Waals surface area contributed by atoms with Crippen LogP contribution < -0.4 is 10.2 Å². The first-order valence-corrected chi connectivity index (χ1v) is 12.5. The molecule has 0 aliphatic carbocycles. The molecule has 1 fully saturated rings. The van der Waals surface area contributed by atoms with E-state index >= 15 is 0 Å². The summed E-state index contributed by atoms with van der Waals surface area (Å²) in [4.78, 5) is 9.20. The van der Waals surface area contributed by atoms with Gasteiger partial charge in [-0.1, -0.05) is 6.07 Å². The van der Waals surface area contributed by atoms with Crippen molar-refractivity contribution in [2.75, 3.05) is 31.1 Å². The molecule has 180 valence electrons. The van der Waals surface area contributed by atoms with Crippen LogP contribution in [0.3, 0.4) is 0 Å². The Morgan fingerprint density at radius 3 is 2.44 bits per heavy atom. The minimum Gasteiger partial charge on any atom is -0.396 e. The third-order valence-electron chi connectivity index (χ3n) is 6.78. The number of aliphatic hydroxyl groups is 1. The van der Waals surface area contributed by atoms with Crippen molar-refractivity contribution in [3.8, 4) is 5.69 Å². The van der Waals surface area contributed by atoms with Crippen LogP contribution in [0.5, 0.6) is 0 Å². The lowest BCUT2D eigenvalue weighted by atomic mass is 9.96. The minimum atomic E-state index is -0.0496. The summed E-state index contributed by atoms with van der Waals surface area (Å²) in [6.45, 7) is 11.5. The zero-order valence-electron chi connectivity index (χ0n) is 20.5. The van der Waals surface area contributed by atoms with Gasteiger partial charge in [-0.2, -0.15) is 0 Å².